The third-order valence-electron chi connectivity index (χ3n) is 7.46. The lowest BCUT2D eigenvalue weighted by Crippen LogP contribution is -2.48. The normalized spacial score (nSPS) is 17.1. The Morgan fingerprint density at radius 2 is 1.56 bits per heavy atom. The maximum atomic E-state index is 13.6. The lowest BCUT2D eigenvalue weighted by molar-refractivity contribution is -0.137. The van der Waals surface area contributed by atoms with Crippen molar-refractivity contribution in [3.8, 4) is 11.3 Å². The quantitative estimate of drug-likeness (QED) is 0.421. The molecule has 1 atom stereocenters. The van der Waals surface area contributed by atoms with E-state index in [1.54, 1.807) is 4.90 Å². The molecule has 0 radical (unpaired) electrons. The molecule has 39 heavy (non-hydrogen) atoms. The van der Waals surface area contributed by atoms with E-state index in [0.717, 1.165) is 73.2 Å². The Kier molecular flexibility index (Phi) is 8.24. The van der Waals surface area contributed by atoms with Gasteiger partial charge in [0.15, 0.2) is 0 Å². The molecule has 0 amide bonds. The van der Waals surface area contributed by atoms with Crippen LogP contribution in [0.2, 0.25) is 0 Å². The van der Waals surface area contributed by atoms with E-state index in [-0.39, 0.29) is 5.82 Å². The highest BCUT2D eigenvalue weighted by Gasteiger charge is 2.36. The number of aromatic nitrogens is 3. The number of benzene rings is 1. The van der Waals surface area contributed by atoms with E-state index in [2.05, 4.69) is 61.0 Å². The number of anilines is 3. The van der Waals surface area contributed by atoms with E-state index >= 15 is 0 Å². The van der Waals surface area contributed by atoms with E-state index in [4.69, 9.17) is 9.97 Å². The molecule has 2 aliphatic heterocycles. The minimum atomic E-state index is -4.44. The smallest absolute Gasteiger partial charge is 0.353 e. The highest BCUT2D eigenvalue weighted by atomic mass is 31.0. The summed E-state index contributed by atoms with van der Waals surface area (Å²) < 4.78 is 40.8. The summed E-state index contributed by atoms with van der Waals surface area (Å²) in [4.78, 5) is 22.6. The molecule has 1 aromatic carbocycles. The summed E-state index contributed by atoms with van der Waals surface area (Å²) >= 11 is 0. The van der Waals surface area contributed by atoms with Gasteiger partial charge < -0.3 is 14.7 Å². The van der Waals surface area contributed by atoms with Crippen LogP contribution in [0.15, 0.2) is 42.6 Å². The number of hydrogen-bond acceptors (Lipinski definition) is 7. The van der Waals surface area contributed by atoms with E-state index in [1.165, 1.54) is 12.3 Å². The van der Waals surface area contributed by atoms with Gasteiger partial charge in [0.1, 0.15) is 11.6 Å². The molecule has 0 N–H and O–H groups in total. The summed E-state index contributed by atoms with van der Waals surface area (Å²) in [7, 11) is 2.76. The molecule has 2 fully saturated rings. The van der Waals surface area contributed by atoms with E-state index in [9.17, 15) is 13.2 Å². The van der Waals surface area contributed by atoms with Gasteiger partial charge in [-0.1, -0.05) is 19.1 Å². The highest BCUT2D eigenvalue weighted by molar-refractivity contribution is 7.27. The van der Waals surface area contributed by atoms with Crippen molar-refractivity contribution in [1.29, 1.82) is 0 Å². The molecule has 0 bridgehead atoms. The van der Waals surface area contributed by atoms with Gasteiger partial charge in [0.05, 0.1) is 11.3 Å². The van der Waals surface area contributed by atoms with Gasteiger partial charge in [-0.15, -0.1) is 9.24 Å². The van der Waals surface area contributed by atoms with Crippen molar-refractivity contribution in [2.75, 3.05) is 73.6 Å². The number of hydrogen-bond donors (Lipinski definition) is 0. The fourth-order valence-corrected chi connectivity index (χ4v) is 5.39. The first-order valence-corrected chi connectivity index (χ1v) is 14.1. The lowest BCUT2D eigenvalue weighted by atomic mass is 10.1. The van der Waals surface area contributed by atoms with Crippen LogP contribution in [0.25, 0.3) is 11.3 Å². The van der Waals surface area contributed by atoms with Crippen LogP contribution in [0.5, 0.6) is 0 Å². The second-order valence-electron chi connectivity index (χ2n) is 10.2. The van der Waals surface area contributed by atoms with Crippen molar-refractivity contribution in [2.45, 2.75) is 26.4 Å². The molecule has 2 saturated heterocycles. The summed E-state index contributed by atoms with van der Waals surface area (Å²) in [5, 5.41) is 1.14. The van der Waals surface area contributed by atoms with Crippen LogP contribution in [0.1, 0.15) is 24.5 Å². The molecule has 0 aliphatic carbocycles. The first kappa shape index (κ1) is 27.6. The SMILES string of the molecule is CCCN1CCN(c2nc(-c3ccc(P)c(C)c3)cc(N3CCN(c4ncccc4C(F)(F)F)CC3)n2)CC1. The molecule has 0 spiro atoms. The Labute approximate surface area is 230 Å². The molecule has 3 aromatic rings. The number of nitrogens with zero attached hydrogens (tertiary/aromatic N) is 7. The molecule has 208 valence electrons. The molecule has 11 heteroatoms. The minimum absolute atomic E-state index is 0.00772. The summed E-state index contributed by atoms with van der Waals surface area (Å²) in [5.74, 6) is 1.50. The zero-order valence-electron chi connectivity index (χ0n) is 22.5. The summed E-state index contributed by atoms with van der Waals surface area (Å²) in [5.41, 5.74) is 2.35. The van der Waals surface area contributed by atoms with Gasteiger partial charge in [-0.3, -0.25) is 4.90 Å². The summed E-state index contributed by atoms with van der Waals surface area (Å²) in [6, 6.07) is 10.7. The first-order chi connectivity index (χ1) is 18.7. The van der Waals surface area contributed by atoms with E-state index in [0.29, 0.717) is 32.1 Å². The number of alkyl halides is 3. The number of halogens is 3. The van der Waals surface area contributed by atoms with Crippen molar-refractivity contribution in [1.82, 2.24) is 19.9 Å². The third-order valence-corrected chi connectivity index (χ3v) is 8.10. The van der Waals surface area contributed by atoms with Gasteiger partial charge in [-0.05, 0) is 49.0 Å². The molecule has 2 aromatic heterocycles. The topological polar surface area (TPSA) is 51.6 Å². The molecular formula is C28H35F3N7P. The van der Waals surface area contributed by atoms with Crippen LogP contribution in [0, 0.1) is 6.92 Å². The molecular weight excluding hydrogens is 522 g/mol. The van der Waals surface area contributed by atoms with Crippen molar-refractivity contribution in [3.05, 3.63) is 53.7 Å². The average Bonchev–Trinajstić information content (AvgIpc) is 2.94. The second-order valence-corrected chi connectivity index (χ2v) is 10.8. The van der Waals surface area contributed by atoms with Crippen LogP contribution in [-0.4, -0.2) is 78.8 Å². The van der Waals surface area contributed by atoms with Gasteiger partial charge in [0.25, 0.3) is 0 Å². The second kappa shape index (κ2) is 11.6. The number of pyridine rings is 1. The number of piperazine rings is 2. The minimum Gasteiger partial charge on any atom is -0.353 e. The number of rotatable bonds is 6. The predicted octanol–water partition coefficient (Wildman–Crippen LogP) is 4.22. The van der Waals surface area contributed by atoms with Crippen molar-refractivity contribution in [3.63, 3.8) is 0 Å². The highest BCUT2D eigenvalue weighted by Crippen LogP contribution is 2.36. The summed E-state index contributed by atoms with van der Waals surface area (Å²) in [6.07, 6.45) is -1.89. The van der Waals surface area contributed by atoms with Crippen LogP contribution in [0.4, 0.5) is 30.8 Å². The molecule has 0 saturated carbocycles. The van der Waals surface area contributed by atoms with E-state index < -0.39 is 11.7 Å². The molecule has 1 unspecified atom stereocenters. The Hall–Kier alpha value is -2.97. The third kappa shape index (κ3) is 6.28. The van der Waals surface area contributed by atoms with Crippen LogP contribution >= 0.6 is 9.24 Å². The maximum Gasteiger partial charge on any atom is 0.419 e. The Morgan fingerprint density at radius 1 is 0.872 bits per heavy atom. The Bertz CT molecular complexity index is 1290. The van der Waals surface area contributed by atoms with Crippen LogP contribution < -0.4 is 20.0 Å². The first-order valence-electron chi connectivity index (χ1n) is 13.5. The fourth-order valence-electron chi connectivity index (χ4n) is 5.21. The van der Waals surface area contributed by atoms with E-state index in [1.807, 2.05) is 6.07 Å². The summed E-state index contributed by atoms with van der Waals surface area (Å²) in [6.45, 7) is 11.0. The van der Waals surface area contributed by atoms with Gasteiger partial charge in [0.2, 0.25) is 5.95 Å². The molecule has 7 nitrogen and oxygen atoms in total. The van der Waals surface area contributed by atoms with Crippen molar-refractivity contribution < 1.29 is 13.2 Å². The predicted molar refractivity (Wildman–Crippen MR) is 154 cm³/mol. The largest absolute Gasteiger partial charge is 0.419 e. The van der Waals surface area contributed by atoms with Crippen molar-refractivity contribution >= 4 is 32.1 Å². The molecule has 5 rings (SSSR count). The van der Waals surface area contributed by atoms with Crippen molar-refractivity contribution in [2.24, 2.45) is 0 Å². The van der Waals surface area contributed by atoms with Crippen LogP contribution in [0.3, 0.4) is 0 Å². The standard InChI is InChI=1S/C28H35F3N7P/c1-3-9-35-10-12-38(13-11-35)27-33-23(21-6-7-24(39)20(2)18-21)19-25(34-27)36-14-16-37(17-15-36)26-22(28(29,30)31)5-4-8-32-26/h4-8,18-19H,3,9-17,39H2,1-2H3. The Morgan fingerprint density at radius 3 is 2.23 bits per heavy atom. The fraction of sp³-hybridized carbons (Fsp3) is 0.464. The monoisotopic (exact) mass is 557 g/mol. The van der Waals surface area contributed by atoms with Gasteiger partial charge >= 0.3 is 6.18 Å². The van der Waals surface area contributed by atoms with Gasteiger partial charge in [-0.25, -0.2) is 9.97 Å². The average molecular weight is 558 g/mol. The Balaban J connectivity index is 1.41. The molecule has 2 aliphatic rings. The zero-order valence-corrected chi connectivity index (χ0v) is 23.6. The van der Waals surface area contributed by atoms with Gasteiger partial charge in [0, 0.05) is 70.2 Å². The zero-order chi connectivity index (χ0) is 27.6. The van der Waals surface area contributed by atoms with Crippen LogP contribution in [-0.2, 0) is 6.18 Å². The molecule has 4 heterocycles. The van der Waals surface area contributed by atoms with Gasteiger partial charge in [-0.2, -0.15) is 18.2 Å². The number of aryl methyl sites for hydroxylation is 1. The lowest BCUT2D eigenvalue weighted by Gasteiger charge is -2.38. The maximum absolute atomic E-state index is 13.6.